The SMILES string of the molecule is Cn1nccc1NC(=O)c1ccc2nc[nH]c2c1. The van der Waals surface area contributed by atoms with Crippen LogP contribution in [0.3, 0.4) is 0 Å². The van der Waals surface area contributed by atoms with Gasteiger partial charge in [0.2, 0.25) is 0 Å². The minimum Gasteiger partial charge on any atom is -0.345 e. The van der Waals surface area contributed by atoms with E-state index < -0.39 is 0 Å². The van der Waals surface area contributed by atoms with Crippen molar-refractivity contribution in [3.8, 4) is 0 Å². The molecule has 0 aliphatic rings. The van der Waals surface area contributed by atoms with Crippen LogP contribution in [0.15, 0.2) is 36.8 Å². The van der Waals surface area contributed by atoms with E-state index in [-0.39, 0.29) is 5.91 Å². The van der Waals surface area contributed by atoms with Crippen LogP contribution >= 0.6 is 0 Å². The molecule has 90 valence electrons. The molecule has 18 heavy (non-hydrogen) atoms. The van der Waals surface area contributed by atoms with Gasteiger partial charge in [0.1, 0.15) is 5.82 Å². The van der Waals surface area contributed by atoms with Gasteiger partial charge in [-0.3, -0.25) is 9.48 Å². The molecule has 0 radical (unpaired) electrons. The summed E-state index contributed by atoms with van der Waals surface area (Å²) in [6.07, 6.45) is 3.24. The topological polar surface area (TPSA) is 75.6 Å². The maximum absolute atomic E-state index is 12.0. The lowest BCUT2D eigenvalue weighted by atomic mass is 10.2. The number of carbonyl (C=O) groups excluding carboxylic acids is 1. The number of aromatic amines is 1. The average Bonchev–Trinajstić information content (AvgIpc) is 2.98. The van der Waals surface area contributed by atoms with Crippen LogP contribution in [-0.4, -0.2) is 25.7 Å². The quantitative estimate of drug-likeness (QED) is 0.714. The summed E-state index contributed by atoms with van der Waals surface area (Å²) in [6.45, 7) is 0. The molecule has 6 nitrogen and oxygen atoms in total. The number of anilines is 1. The van der Waals surface area contributed by atoms with Crippen molar-refractivity contribution in [2.75, 3.05) is 5.32 Å². The Bertz CT molecular complexity index is 712. The molecule has 0 fully saturated rings. The van der Waals surface area contributed by atoms with Gasteiger partial charge in [0, 0.05) is 18.7 Å². The standard InChI is InChI=1S/C12H11N5O/c1-17-11(4-5-15-17)16-12(18)8-2-3-9-10(6-8)14-7-13-9/h2-7H,1H3,(H,13,14)(H,16,18). The molecule has 0 saturated heterocycles. The van der Waals surface area contributed by atoms with Crippen LogP contribution < -0.4 is 5.32 Å². The molecule has 1 aromatic carbocycles. The lowest BCUT2D eigenvalue weighted by Crippen LogP contribution is -2.14. The molecule has 2 aromatic heterocycles. The van der Waals surface area contributed by atoms with E-state index in [1.807, 2.05) is 6.07 Å². The molecular weight excluding hydrogens is 230 g/mol. The second kappa shape index (κ2) is 3.99. The number of H-pyrrole nitrogens is 1. The molecule has 3 rings (SSSR count). The smallest absolute Gasteiger partial charge is 0.256 e. The van der Waals surface area contributed by atoms with Crippen molar-refractivity contribution < 1.29 is 4.79 Å². The first-order valence-corrected chi connectivity index (χ1v) is 5.46. The van der Waals surface area contributed by atoms with Gasteiger partial charge in [-0.25, -0.2) is 4.98 Å². The molecule has 1 amide bonds. The average molecular weight is 241 g/mol. The van der Waals surface area contributed by atoms with E-state index in [0.717, 1.165) is 11.0 Å². The van der Waals surface area contributed by atoms with Gasteiger partial charge in [-0.15, -0.1) is 0 Å². The van der Waals surface area contributed by atoms with Crippen molar-refractivity contribution in [2.45, 2.75) is 0 Å². The van der Waals surface area contributed by atoms with Crippen molar-refractivity contribution >= 4 is 22.8 Å². The van der Waals surface area contributed by atoms with E-state index in [0.29, 0.717) is 11.4 Å². The van der Waals surface area contributed by atoms with Crippen molar-refractivity contribution in [1.82, 2.24) is 19.7 Å². The zero-order valence-corrected chi connectivity index (χ0v) is 9.71. The number of nitrogens with zero attached hydrogens (tertiary/aromatic N) is 3. The lowest BCUT2D eigenvalue weighted by molar-refractivity contribution is 0.102. The van der Waals surface area contributed by atoms with Crippen LogP contribution in [0.5, 0.6) is 0 Å². The number of carbonyl (C=O) groups is 1. The minimum atomic E-state index is -0.171. The Morgan fingerprint density at radius 1 is 1.39 bits per heavy atom. The summed E-state index contributed by atoms with van der Waals surface area (Å²) in [4.78, 5) is 19.1. The molecule has 0 spiro atoms. The van der Waals surface area contributed by atoms with Crippen LogP contribution in [0.25, 0.3) is 11.0 Å². The van der Waals surface area contributed by atoms with Gasteiger partial charge < -0.3 is 10.3 Å². The first-order chi connectivity index (χ1) is 8.74. The van der Waals surface area contributed by atoms with E-state index >= 15 is 0 Å². The molecular formula is C12H11N5O. The van der Waals surface area contributed by atoms with Crippen LogP contribution in [-0.2, 0) is 7.05 Å². The predicted octanol–water partition coefficient (Wildman–Crippen LogP) is 1.55. The number of hydrogen-bond donors (Lipinski definition) is 2. The van der Waals surface area contributed by atoms with Gasteiger partial charge in [-0.2, -0.15) is 5.10 Å². The number of fused-ring (bicyclic) bond motifs is 1. The number of nitrogens with one attached hydrogen (secondary N) is 2. The molecule has 3 aromatic rings. The zero-order chi connectivity index (χ0) is 12.5. The van der Waals surface area contributed by atoms with Crippen molar-refractivity contribution in [3.05, 3.63) is 42.4 Å². The summed E-state index contributed by atoms with van der Waals surface area (Å²) in [5.41, 5.74) is 2.26. The number of benzene rings is 1. The van der Waals surface area contributed by atoms with Gasteiger partial charge >= 0.3 is 0 Å². The van der Waals surface area contributed by atoms with E-state index in [9.17, 15) is 4.79 Å². The summed E-state index contributed by atoms with van der Waals surface area (Å²) in [5, 5.41) is 6.78. The van der Waals surface area contributed by atoms with Crippen LogP contribution in [0.2, 0.25) is 0 Å². The fourth-order valence-corrected chi connectivity index (χ4v) is 1.76. The van der Waals surface area contributed by atoms with Crippen molar-refractivity contribution in [1.29, 1.82) is 0 Å². The summed E-state index contributed by atoms with van der Waals surface area (Å²) in [5.74, 6) is 0.486. The van der Waals surface area contributed by atoms with Crippen LogP contribution in [0.4, 0.5) is 5.82 Å². The van der Waals surface area contributed by atoms with Gasteiger partial charge in [0.15, 0.2) is 0 Å². The highest BCUT2D eigenvalue weighted by atomic mass is 16.1. The highest BCUT2D eigenvalue weighted by Gasteiger charge is 2.09. The third-order valence-corrected chi connectivity index (χ3v) is 2.74. The van der Waals surface area contributed by atoms with Crippen LogP contribution in [0, 0.1) is 0 Å². The van der Waals surface area contributed by atoms with E-state index in [4.69, 9.17) is 0 Å². The first kappa shape index (κ1) is 10.5. The van der Waals surface area contributed by atoms with Gasteiger partial charge in [-0.1, -0.05) is 0 Å². The minimum absolute atomic E-state index is 0.171. The Balaban J connectivity index is 1.89. The highest BCUT2D eigenvalue weighted by molar-refractivity contribution is 6.05. The van der Waals surface area contributed by atoms with Crippen LogP contribution in [0.1, 0.15) is 10.4 Å². The van der Waals surface area contributed by atoms with Gasteiger partial charge in [0.05, 0.1) is 23.6 Å². The molecule has 0 atom stereocenters. The largest absolute Gasteiger partial charge is 0.345 e. The Morgan fingerprint density at radius 2 is 2.28 bits per heavy atom. The fourth-order valence-electron chi connectivity index (χ4n) is 1.76. The molecule has 0 saturated carbocycles. The third-order valence-electron chi connectivity index (χ3n) is 2.74. The normalized spacial score (nSPS) is 10.7. The summed E-state index contributed by atoms with van der Waals surface area (Å²) in [7, 11) is 1.77. The Hall–Kier alpha value is -2.63. The van der Waals surface area contributed by atoms with Gasteiger partial charge in [-0.05, 0) is 18.2 Å². The maximum Gasteiger partial charge on any atom is 0.256 e. The number of rotatable bonds is 2. The van der Waals surface area contributed by atoms with Gasteiger partial charge in [0.25, 0.3) is 5.91 Å². The van der Waals surface area contributed by atoms with E-state index in [2.05, 4.69) is 20.4 Å². The Morgan fingerprint density at radius 3 is 3.06 bits per heavy atom. The number of aromatic nitrogens is 4. The predicted molar refractivity (Wildman–Crippen MR) is 67.3 cm³/mol. The molecule has 2 heterocycles. The molecule has 0 unspecified atom stereocenters. The lowest BCUT2D eigenvalue weighted by Gasteiger charge is -2.05. The fraction of sp³-hybridized carbons (Fsp3) is 0.0833. The van der Waals surface area contributed by atoms with Crippen molar-refractivity contribution in [2.24, 2.45) is 7.05 Å². The molecule has 0 aliphatic heterocycles. The number of amides is 1. The number of aryl methyl sites for hydroxylation is 1. The maximum atomic E-state index is 12.0. The third kappa shape index (κ3) is 1.73. The summed E-state index contributed by atoms with van der Waals surface area (Å²) in [6, 6.07) is 7.07. The van der Waals surface area contributed by atoms with E-state index in [1.165, 1.54) is 0 Å². The number of hydrogen-bond acceptors (Lipinski definition) is 3. The number of imidazole rings is 1. The summed E-state index contributed by atoms with van der Waals surface area (Å²) < 4.78 is 1.60. The molecule has 0 bridgehead atoms. The zero-order valence-electron chi connectivity index (χ0n) is 9.71. The second-order valence-corrected chi connectivity index (χ2v) is 3.93. The first-order valence-electron chi connectivity index (χ1n) is 5.46. The Labute approximate surface area is 103 Å². The van der Waals surface area contributed by atoms with Crippen molar-refractivity contribution in [3.63, 3.8) is 0 Å². The second-order valence-electron chi connectivity index (χ2n) is 3.93. The van der Waals surface area contributed by atoms with E-state index in [1.54, 1.807) is 42.5 Å². The molecule has 6 heteroatoms. The Kier molecular flexibility index (Phi) is 2.33. The molecule has 0 aliphatic carbocycles. The summed E-state index contributed by atoms with van der Waals surface area (Å²) >= 11 is 0. The highest BCUT2D eigenvalue weighted by Crippen LogP contribution is 2.13. The molecule has 2 N–H and O–H groups in total. The monoisotopic (exact) mass is 241 g/mol.